The van der Waals surface area contributed by atoms with Crippen molar-refractivity contribution >= 4 is 17.5 Å². The first-order chi connectivity index (χ1) is 11.6. The molecule has 1 aromatic heterocycles. The van der Waals surface area contributed by atoms with Gasteiger partial charge in [0.25, 0.3) is 0 Å². The molecule has 0 atom stereocenters. The Morgan fingerprint density at radius 3 is 2.71 bits per heavy atom. The van der Waals surface area contributed by atoms with Crippen molar-refractivity contribution in [2.75, 3.05) is 10.6 Å². The standard InChI is InChI=1S/C19H19FN4/c1-13-7-8-14(2)17(11-13)23-19-21-10-9-18(24-19)22-12-15-5-3-4-6-16(15)20/h3-11H,12H2,1-2H3,(H2,21,22,23,24). The van der Waals surface area contributed by atoms with E-state index in [0.717, 1.165) is 16.8 Å². The summed E-state index contributed by atoms with van der Waals surface area (Å²) in [7, 11) is 0. The predicted octanol–water partition coefficient (Wildman–Crippen LogP) is 4.59. The van der Waals surface area contributed by atoms with Crippen molar-refractivity contribution in [2.24, 2.45) is 0 Å². The Bertz CT molecular complexity index is 848. The lowest BCUT2D eigenvalue weighted by molar-refractivity contribution is 0.613. The van der Waals surface area contributed by atoms with E-state index in [9.17, 15) is 4.39 Å². The maximum atomic E-state index is 13.7. The highest BCUT2D eigenvalue weighted by atomic mass is 19.1. The van der Waals surface area contributed by atoms with Crippen molar-refractivity contribution in [1.29, 1.82) is 0 Å². The lowest BCUT2D eigenvalue weighted by Gasteiger charge is -2.11. The monoisotopic (exact) mass is 322 g/mol. The highest BCUT2D eigenvalue weighted by Crippen LogP contribution is 2.20. The Hall–Kier alpha value is -2.95. The molecule has 0 radical (unpaired) electrons. The third-order valence-corrected chi connectivity index (χ3v) is 3.71. The lowest BCUT2D eigenvalue weighted by atomic mass is 10.1. The zero-order chi connectivity index (χ0) is 16.9. The van der Waals surface area contributed by atoms with E-state index in [1.165, 1.54) is 6.07 Å². The summed E-state index contributed by atoms with van der Waals surface area (Å²) in [6, 6.07) is 14.6. The van der Waals surface area contributed by atoms with Gasteiger partial charge in [0.2, 0.25) is 5.95 Å². The van der Waals surface area contributed by atoms with Crippen LogP contribution in [0.25, 0.3) is 0 Å². The molecule has 24 heavy (non-hydrogen) atoms. The predicted molar refractivity (Wildman–Crippen MR) is 95.0 cm³/mol. The van der Waals surface area contributed by atoms with E-state index in [-0.39, 0.29) is 5.82 Å². The molecule has 0 unspecified atom stereocenters. The van der Waals surface area contributed by atoms with Crippen LogP contribution in [0.5, 0.6) is 0 Å². The van der Waals surface area contributed by atoms with Crippen LogP contribution in [0.15, 0.2) is 54.7 Å². The van der Waals surface area contributed by atoms with Crippen molar-refractivity contribution in [1.82, 2.24) is 9.97 Å². The second-order valence-corrected chi connectivity index (χ2v) is 5.65. The minimum Gasteiger partial charge on any atom is -0.366 e. The summed E-state index contributed by atoms with van der Waals surface area (Å²) in [4.78, 5) is 8.67. The molecule has 4 nitrogen and oxygen atoms in total. The number of nitrogens with one attached hydrogen (secondary N) is 2. The fraction of sp³-hybridized carbons (Fsp3) is 0.158. The van der Waals surface area contributed by atoms with E-state index in [2.05, 4.69) is 38.8 Å². The fourth-order valence-corrected chi connectivity index (χ4v) is 2.34. The molecule has 0 aliphatic rings. The van der Waals surface area contributed by atoms with Gasteiger partial charge in [0.15, 0.2) is 0 Å². The normalized spacial score (nSPS) is 10.5. The van der Waals surface area contributed by atoms with Gasteiger partial charge in [-0.3, -0.25) is 0 Å². The molecule has 0 saturated heterocycles. The van der Waals surface area contributed by atoms with Gasteiger partial charge in [0.1, 0.15) is 11.6 Å². The average molecular weight is 322 g/mol. The third kappa shape index (κ3) is 3.87. The first-order valence-corrected chi connectivity index (χ1v) is 7.76. The minimum absolute atomic E-state index is 0.229. The number of rotatable bonds is 5. The molecular formula is C19H19FN4. The van der Waals surface area contributed by atoms with Crippen LogP contribution in [0, 0.1) is 19.7 Å². The second-order valence-electron chi connectivity index (χ2n) is 5.65. The van der Waals surface area contributed by atoms with Crippen molar-refractivity contribution in [3.05, 3.63) is 77.2 Å². The molecule has 0 fully saturated rings. The second kappa shape index (κ2) is 7.08. The van der Waals surface area contributed by atoms with Crippen LogP contribution in [-0.2, 0) is 6.54 Å². The minimum atomic E-state index is -0.229. The first-order valence-electron chi connectivity index (χ1n) is 7.76. The van der Waals surface area contributed by atoms with Gasteiger partial charge in [-0.25, -0.2) is 9.37 Å². The van der Waals surface area contributed by atoms with Gasteiger partial charge in [-0.2, -0.15) is 4.98 Å². The first kappa shape index (κ1) is 15.9. The summed E-state index contributed by atoms with van der Waals surface area (Å²) >= 11 is 0. The number of halogens is 1. The number of hydrogen-bond donors (Lipinski definition) is 2. The van der Waals surface area contributed by atoms with E-state index in [4.69, 9.17) is 0 Å². The molecule has 3 aromatic rings. The molecule has 2 aromatic carbocycles. The number of hydrogen-bond acceptors (Lipinski definition) is 4. The van der Waals surface area contributed by atoms with E-state index in [1.807, 2.05) is 19.9 Å². The number of anilines is 3. The summed E-state index contributed by atoms with van der Waals surface area (Å²) in [5, 5.41) is 6.35. The Kier molecular flexibility index (Phi) is 4.70. The van der Waals surface area contributed by atoms with Crippen LogP contribution in [0.2, 0.25) is 0 Å². The number of aryl methyl sites for hydroxylation is 2. The van der Waals surface area contributed by atoms with Crippen molar-refractivity contribution < 1.29 is 4.39 Å². The zero-order valence-corrected chi connectivity index (χ0v) is 13.7. The zero-order valence-electron chi connectivity index (χ0n) is 13.7. The Balaban J connectivity index is 1.72. The summed E-state index contributed by atoms with van der Waals surface area (Å²) in [6.45, 7) is 4.44. The van der Waals surface area contributed by atoms with E-state index in [0.29, 0.717) is 23.9 Å². The van der Waals surface area contributed by atoms with Gasteiger partial charge in [-0.15, -0.1) is 0 Å². The lowest BCUT2D eigenvalue weighted by Crippen LogP contribution is -2.05. The van der Waals surface area contributed by atoms with Crippen LogP contribution in [0.3, 0.4) is 0 Å². The third-order valence-electron chi connectivity index (χ3n) is 3.71. The van der Waals surface area contributed by atoms with Crippen LogP contribution in [0.1, 0.15) is 16.7 Å². The average Bonchev–Trinajstić information content (AvgIpc) is 2.58. The maximum Gasteiger partial charge on any atom is 0.229 e. The van der Waals surface area contributed by atoms with Gasteiger partial charge in [0, 0.05) is 24.0 Å². The van der Waals surface area contributed by atoms with Gasteiger partial charge in [-0.1, -0.05) is 30.3 Å². The SMILES string of the molecule is Cc1ccc(C)c(Nc2nccc(NCc3ccccc3F)n2)c1. The molecule has 0 saturated carbocycles. The van der Waals surface area contributed by atoms with Gasteiger partial charge < -0.3 is 10.6 Å². The topological polar surface area (TPSA) is 49.8 Å². The van der Waals surface area contributed by atoms with Gasteiger partial charge in [0.05, 0.1) is 0 Å². The molecule has 3 rings (SSSR count). The van der Waals surface area contributed by atoms with Crippen molar-refractivity contribution in [3.63, 3.8) is 0 Å². The van der Waals surface area contributed by atoms with E-state index < -0.39 is 0 Å². The Labute approximate surface area is 140 Å². The maximum absolute atomic E-state index is 13.7. The summed E-state index contributed by atoms with van der Waals surface area (Å²) < 4.78 is 13.7. The molecule has 0 bridgehead atoms. The molecule has 0 spiro atoms. The number of aromatic nitrogens is 2. The largest absolute Gasteiger partial charge is 0.366 e. The molecule has 5 heteroatoms. The van der Waals surface area contributed by atoms with Gasteiger partial charge in [-0.05, 0) is 43.2 Å². The van der Waals surface area contributed by atoms with E-state index in [1.54, 1.807) is 24.4 Å². The molecule has 0 aliphatic carbocycles. The van der Waals surface area contributed by atoms with Crippen LogP contribution in [-0.4, -0.2) is 9.97 Å². The summed E-state index contributed by atoms with van der Waals surface area (Å²) in [5.41, 5.74) is 3.85. The van der Waals surface area contributed by atoms with E-state index >= 15 is 0 Å². The molecule has 122 valence electrons. The summed E-state index contributed by atoms with van der Waals surface area (Å²) in [5.74, 6) is 0.913. The van der Waals surface area contributed by atoms with Crippen LogP contribution < -0.4 is 10.6 Å². The fourth-order valence-electron chi connectivity index (χ4n) is 2.34. The van der Waals surface area contributed by atoms with Crippen molar-refractivity contribution in [3.8, 4) is 0 Å². The number of benzene rings is 2. The number of nitrogens with zero attached hydrogens (tertiary/aromatic N) is 2. The van der Waals surface area contributed by atoms with Crippen molar-refractivity contribution in [2.45, 2.75) is 20.4 Å². The highest BCUT2D eigenvalue weighted by Gasteiger charge is 2.04. The van der Waals surface area contributed by atoms with Crippen LogP contribution in [0.4, 0.5) is 21.8 Å². The molecule has 0 amide bonds. The Morgan fingerprint density at radius 1 is 1.04 bits per heavy atom. The van der Waals surface area contributed by atoms with Crippen LogP contribution >= 0.6 is 0 Å². The highest BCUT2D eigenvalue weighted by molar-refractivity contribution is 5.60. The Morgan fingerprint density at radius 2 is 1.88 bits per heavy atom. The smallest absolute Gasteiger partial charge is 0.229 e. The quantitative estimate of drug-likeness (QED) is 0.721. The van der Waals surface area contributed by atoms with Gasteiger partial charge >= 0.3 is 0 Å². The molecule has 1 heterocycles. The molecular weight excluding hydrogens is 303 g/mol. The molecule has 0 aliphatic heterocycles. The molecule has 2 N–H and O–H groups in total. The summed E-state index contributed by atoms with van der Waals surface area (Å²) in [6.07, 6.45) is 1.67.